The summed E-state index contributed by atoms with van der Waals surface area (Å²) in [5.41, 5.74) is -0.318. The number of aromatic amines is 1. The molecule has 0 bridgehead atoms. The number of benzene rings is 1. The van der Waals surface area contributed by atoms with Gasteiger partial charge in [0.2, 0.25) is 5.91 Å². The van der Waals surface area contributed by atoms with Gasteiger partial charge in [-0.3, -0.25) is 19.1 Å². The molecule has 23 heavy (non-hydrogen) atoms. The molecule has 0 saturated carbocycles. The SMILES string of the molecule is C[C@H]1CNCCN1C(=O)CCn1c(=O)[nH]c(=O)c2ccccc21. The van der Waals surface area contributed by atoms with Crippen molar-refractivity contribution in [3.05, 3.63) is 45.1 Å². The first-order valence-corrected chi connectivity index (χ1v) is 7.80. The maximum Gasteiger partial charge on any atom is 0.328 e. The Morgan fingerprint density at radius 3 is 2.87 bits per heavy atom. The molecule has 122 valence electrons. The average Bonchev–Trinajstić information content (AvgIpc) is 2.55. The summed E-state index contributed by atoms with van der Waals surface area (Å²) in [6.45, 7) is 4.52. The van der Waals surface area contributed by atoms with Crippen molar-refractivity contribution in [2.24, 2.45) is 0 Å². The summed E-state index contributed by atoms with van der Waals surface area (Å²) >= 11 is 0. The van der Waals surface area contributed by atoms with E-state index in [0.717, 1.165) is 13.1 Å². The van der Waals surface area contributed by atoms with Crippen LogP contribution >= 0.6 is 0 Å². The Hall–Kier alpha value is -2.41. The lowest BCUT2D eigenvalue weighted by molar-refractivity contribution is -0.134. The summed E-state index contributed by atoms with van der Waals surface area (Å²) in [5, 5.41) is 3.70. The first-order valence-electron chi connectivity index (χ1n) is 7.80. The number of hydrogen-bond acceptors (Lipinski definition) is 4. The highest BCUT2D eigenvalue weighted by Gasteiger charge is 2.22. The van der Waals surface area contributed by atoms with Gasteiger partial charge in [-0.25, -0.2) is 4.79 Å². The van der Waals surface area contributed by atoms with E-state index in [9.17, 15) is 14.4 Å². The number of aryl methyl sites for hydroxylation is 1. The lowest BCUT2D eigenvalue weighted by atomic mass is 10.2. The Labute approximate surface area is 132 Å². The molecule has 1 amide bonds. The molecule has 1 saturated heterocycles. The number of rotatable bonds is 3. The third kappa shape index (κ3) is 3.05. The van der Waals surface area contributed by atoms with Gasteiger partial charge in [-0.15, -0.1) is 0 Å². The Balaban J connectivity index is 1.83. The molecule has 3 rings (SSSR count). The third-order valence-electron chi connectivity index (χ3n) is 4.28. The van der Waals surface area contributed by atoms with Crippen LogP contribution in [0, 0.1) is 0 Å². The molecule has 0 radical (unpaired) electrons. The zero-order valence-corrected chi connectivity index (χ0v) is 13.0. The van der Waals surface area contributed by atoms with Crippen molar-refractivity contribution in [1.29, 1.82) is 0 Å². The summed E-state index contributed by atoms with van der Waals surface area (Å²) in [5.74, 6) is 0.0289. The van der Waals surface area contributed by atoms with Gasteiger partial charge in [0.1, 0.15) is 0 Å². The lowest BCUT2D eigenvalue weighted by Crippen LogP contribution is -2.52. The van der Waals surface area contributed by atoms with Crippen molar-refractivity contribution in [2.75, 3.05) is 19.6 Å². The molecule has 1 aliphatic rings. The van der Waals surface area contributed by atoms with E-state index < -0.39 is 11.2 Å². The van der Waals surface area contributed by atoms with Crippen LogP contribution < -0.4 is 16.6 Å². The average molecular weight is 316 g/mol. The molecule has 7 nitrogen and oxygen atoms in total. The number of nitrogens with one attached hydrogen (secondary N) is 2. The Morgan fingerprint density at radius 2 is 2.09 bits per heavy atom. The predicted octanol–water partition coefficient (Wildman–Crippen LogP) is -0.0998. The molecule has 0 aliphatic carbocycles. The van der Waals surface area contributed by atoms with Crippen molar-refractivity contribution in [1.82, 2.24) is 19.8 Å². The first-order chi connectivity index (χ1) is 11.1. The number of H-pyrrole nitrogens is 1. The van der Waals surface area contributed by atoms with Crippen LogP contribution in [0.1, 0.15) is 13.3 Å². The van der Waals surface area contributed by atoms with Gasteiger partial charge in [-0.05, 0) is 19.1 Å². The normalized spacial score (nSPS) is 18.3. The van der Waals surface area contributed by atoms with Gasteiger partial charge in [0.05, 0.1) is 10.9 Å². The van der Waals surface area contributed by atoms with Crippen molar-refractivity contribution in [3.63, 3.8) is 0 Å². The Bertz CT molecular complexity index is 839. The minimum Gasteiger partial charge on any atom is -0.337 e. The number of nitrogens with zero attached hydrogens (tertiary/aromatic N) is 2. The molecular formula is C16H20N4O3. The lowest BCUT2D eigenvalue weighted by Gasteiger charge is -2.34. The van der Waals surface area contributed by atoms with Crippen molar-refractivity contribution in [2.45, 2.75) is 25.9 Å². The van der Waals surface area contributed by atoms with Gasteiger partial charge in [0, 0.05) is 38.6 Å². The summed E-state index contributed by atoms with van der Waals surface area (Å²) < 4.78 is 1.46. The minimum absolute atomic E-state index is 0.0289. The van der Waals surface area contributed by atoms with E-state index in [-0.39, 0.29) is 24.9 Å². The second kappa shape index (κ2) is 6.37. The maximum absolute atomic E-state index is 12.4. The fraction of sp³-hybridized carbons (Fsp3) is 0.438. The number of piperazine rings is 1. The van der Waals surface area contributed by atoms with Gasteiger partial charge >= 0.3 is 5.69 Å². The molecule has 0 spiro atoms. The molecule has 0 unspecified atom stereocenters. The highest BCUT2D eigenvalue weighted by molar-refractivity contribution is 5.79. The van der Waals surface area contributed by atoms with E-state index in [1.165, 1.54) is 4.57 Å². The van der Waals surface area contributed by atoms with Crippen LogP contribution in [-0.4, -0.2) is 46.0 Å². The number of para-hydroxylation sites is 1. The topological polar surface area (TPSA) is 87.2 Å². The van der Waals surface area contributed by atoms with Crippen LogP contribution in [0.15, 0.2) is 33.9 Å². The molecule has 2 aromatic rings. The van der Waals surface area contributed by atoms with E-state index in [0.29, 0.717) is 17.4 Å². The molecule has 1 fully saturated rings. The second-order valence-corrected chi connectivity index (χ2v) is 5.82. The molecule has 2 heterocycles. The maximum atomic E-state index is 12.4. The summed E-state index contributed by atoms with van der Waals surface area (Å²) in [6, 6.07) is 7.08. The summed E-state index contributed by atoms with van der Waals surface area (Å²) in [6.07, 6.45) is 0.236. The van der Waals surface area contributed by atoms with E-state index >= 15 is 0 Å². The fourth-order valence-electron chi connectivity index (χ4n) is 3.03. The van der Waals surface area contributed by atoms with Crippen LogP contribution in [0.2, 0.25) is 0 Å². The van der Waals surface area contributed by atoms with Crippen molar-refractivity contribution >= 4 is 16.8 Å². The zero-order valence-electron chi connectivity index (χ0n) is 13.0. The van der Waals surface area contributed by atoms with Crippen LogP contribution in [0.25, 0.3) is 10.9 Å². The van der Waals surface area contributed by atoms with Gasteiger partial charge in [0.15, 0.2) is 0 Å². The standard InChI is InChI=1S/C16H20N4O3/c1-11-10-17-7-9-19(11)14(21)6-8-20-13-5-3-2-4-12(13)15(22)18-16(20)23/h2-5,11,17H,6-10H2,1H3,(H,18,22,23)/t11-/m0/s1. The van der Waals surface area contributed by atoms with E-state index in [2.05, 4.69) is 10.3 Å². The number of amides is 1. The predicted molar refractivity (Wildman–Crippen MR) is 87.5 cm³/mol. The molecular weight excluding hydrogens is 296 g/mol. The monoisotopic (exact) mass is 316 g/mol. The minimum atomic E-state index is -0.477. The number of carbonyl (C=O) groups excluding carboxylic acids is 1. The third-order valence-corrected chi connectivity index (χ3v) is 4.28. The molecule has 7 heteroatoms. The Kier molecular flexibility index (Phi) is 4.29. The number of carbonyl (C=O) groups is 1. The van der Waals surface area contributed by atoms with Crippen LogP contribution in [0.4, 0.5) is 0 Å². The van der Waals surface area contributed by atoms with E-state index in [1.54, 1.807) is 24.3 Å². The largest absolute Gasteiger partial charge is 0.337 e. The second-order valence-electron chi connectivity index (χ2n) is 5.82. The quantitative estimate of drug-likeness (QED) is 0.828. The zero-order chi connectivity index (χ0) is 16.4. The fourth-order valence-corrected chi connectivity index (χ4v) is 3.03. The van der Waals surface area contributed by atoms with Gasteiger partial charge < -0.3 is 10.2 Å². The Morgan fingerprint density at radius 1 is 1.30 bits per heavy atom. The van der Waals surface area contributed by atoms with Crippen molar-refractivity contribution in [3.8, 4) is 0 Å². The van der Waals surface area contributed by atoms with Gasteiger partial charge in [-0.1, -0.05) is 12.1 Å². The highest BCUT2D eigenvalue weighted by atomic mass is 16.2. The molecule has 1 aromatic heterocycles. The van der Waals surface area contributed by atoms with Crippen LogP contribution in [-0.2, 0) is 11.3 Å². The van der Waals surface area contributed by atoms with Crippen LogP contribution in [0.3, 0.4) is 0 Å². The van der Waals surface area contributed by atoms with Gasteiger partial charge in [0.25, 0.3) is 5.56 Å². The van der Waals surface area contributed by atoms with Gasteiger partial charge in [-0.2, -0.15) is 0 Å². The smallest absolute Gasteiger partial charge is 0.328 e. The molecule has 1 aliphatic heterocycles. The van der Waals surface area contributed by atoms with E-state index in [1.807, 2.05) is 11.8 Å². The number of hydrogen-bond donors (Lipinski definition) is 2. The first kappa shape index (κ1) is 15.5. The molecule has 2 N–H and O–H groups in total. The summed E-state index contributed by atoms with van der Waals surface area (Å²) in [7, 11) is 0. The highest BCUT2D eigenvalue weighted by Crippen LogP contribution is 2.09. The number of fused-ring (bicyclic) bond motifs is 1. The van der Waals surface area contributed by atoms with E-state index in [4.69, 9.17) is 0 Å². The summed E-state index contributed by atoms with van der Waals surface area (Å²) in [4.78, 5) is 40.5. The molecule has 1 aromatic carbocycles. The van der Waals surface area contributed by atoms with Crippen molar-refractivity contribution < 1.29 is 4.79 Å². The number of aromatic nitrogens is 2. The molecule has 1 atom stereocenters. The van der Waals surface area contributed by atoms with Crippen LogP contribution in [0.5, 0.6) is 0 Å².